The van der Waals surface area contributed by atoms with Crippen molar-refractivity contribution in [1.29, 1.82) is 0 Å². The van der Waals surface area contributed by atoms with Gasteiger partial charge in [0.25, 0.3) is 5.82 Å². The molecule has 4 heterocycles. The predicted octanol–water partition coefficient (Wildman–Crippen LogP) is 21.9. The van der Waals surface area contributed by atoms with Crippen LogP contribution in [0.2, 0.25) is 0 Å². The maximum Gasteiger partial charge on any atom is 0.451 e. The van der Waals surface area contributed by atoms with E-state index in [0.29, 0.717) is 88.9 Å². The van der Waals surface area contributed by atoms with Gasteiger partial charge in [-0.3, -0.25) is 9.78 Å². The highest BCUT2D eigenvalue weighted by atomic mass is 19.4. The Morgan fingerprint density at radius 1 is 0.438 bits per heavy atom. The Kier molecular flexibility index (Phi) is 36.4. The van der Waals surface area contributed by atoms with Crippen LogP contribution in [0.4, 0.5) is 58.5 Å². The number of benzene rings is 3. The Morgan fingerprint density at radius 2 is 0.875 bits per heavy atom. The van der Waals surface area contributed by atoms with Crippen LogP contribution in [0.3, 0.4) is 0 Å². The molecule has 3 aromatic carbocycles. The molecule has 9 nitrogen and oxygen atoms in total. The molecule has 0 bridgehead atoms. The highest BCUT2D eigenvalue weighted by Crippen LogP contribution is 2.38. The van der Waals surface area contributed by atoms with E-state index in [2.05, 4.69) is 71.3 Å². The van der Waals surface area contributed by atoms with Crippen LogP contribution in [0.1, 0.15) is 196 Å². The van der Waals surface area contributed by atoms with E-state index in [1.54, 1.807) is 51.2 Å². The van der Waals surface area contributed by atoms with E-state index < -0.39 is 52.9 Å². The van der Waals surface area contributed by atoms with Crippen molar-refractivity contribution in [2.24, 2.45) is 47.2 Å². The zero-order valence-electron chi connectivity index (χ0n) is 58.3. The molecule has 0 fully saturated rings. The van der Waals surface area contributed by atoms with Crippen LogP contribution >= 0.6 is 0 Å². The molecule has 4 aromatic heterocycles. The second kappa shape index (κ2) is 40.6. The van der Waals surface area contributed by atoms with Crippen LogP contribution in [0.15, 0.2) is 134 Å². The molecule has 0 saturated carbocycles. The van der Waals surface area contributed by atoms with E-state index in [1.807, 2.05) is 110 Å². The lowest BCUT2D eigenvalue weighted by Gasteiger charge is -2.25. The van der Waals surface area contributed by atoms with E-state index in [1.165, 1.54) is 47.2 Å². The molecule has 0 aliphatic rings. The van der Waals surface area contributed by atoms with Gasteiger partial charge < -0.3 is 15.7 Å². The summed E-state index contributed by atoms with van der Waals surface area (Å²) in [4.78, 5) is 31.6. The molecular weight excluding hydrogens is 1260 g/mol. The molecule has 0 aliphatic heterocycles. The molecular formula is C75H97F12N7O2. The molecule has 0 spiro atoms. The normalized spacial score (nSPS) is 11.6. The van der Waals surface area contributed by atoms with Gasteiger partial charge in [-0.15, -0.1) is 4.98 Å². The third kappa shape index (κ3) is 37.4. The second-order valence-electron chi connectivity index (χ2n) is 27.1. The first kappa shape index (κ1) is 86.1. The highest BCUT2D eigenvalue weighted by molar-refractivity contribution is 5.92. The Morgan fingerprint density at radius 3 is 1.30 bits per heavy atom. The number of primary amides is 1. The average Bonchev–Trinajstić information content (AvgIpc) is 0.797. The van der Waals surface area contributed by atoms with Gasteiger partial charge in [0.2, 0.25) is 11.7 Å². The molecule has 0 unspecified atom stereocenters. The smallest absolute Gasteiger partial charge is 0.451 e. The number of aromatic hydroxyl groups is 1. The van der Waals surface area contributed by atoms with Gasteiger partial charge >= 0.3 is 24.7 Å². The van der Waals surface area contributed by atoms with Crippen LogP contribution in [0.25, 0.3) is 4.85 Å². The number of nitrogens with two attached hydrogens (primary N) is 1. The summed E-state index contributed by atoms with van der Waals surface area (Å²) in [6, 6.07) is 31.5. The number of alkyl halides is 12. The number of halogens is 12. The van der Waals surface area contributed by atoms with Gasteiger partial charge in [-0.25, -0.2) is 15.0 Å². The van der Waals surface area contributed by atoms with E-state index in [4.69, 9.17) is 17.4 Å². The zero-order chi connectivity index (χ0) is 73.5. The van der Waals surface area contributed by atoms with Gasteiger partial charge in [-0.05, 0) is 186 Å². The molecule has 96 heavy (non-hydrogen) atoms. The minimum absolute atomic E-state index is 0.283. The van der Waals surface area contributed by atoms with Crippen molar-refractivity contribution < 1.29 is 62.6 Å². The molecule has 3 N–H and O–H groups in total. The number of nitrogens with zero attached hydrogens (tertiary/aromatic N) is 6. The Hall–Kier alpha value is -7.89. The number of carbonyl (C=O) groups is 1. The Balaban J connectivity index is 0.000000562. The van der Waals surface area contributed by atoms with Gasteiger partial charge in [-0.2, -0.15) is 52.7 Å². The SMILES string of the molecule is CC(C)Cc1ccc(C(C)(C)C)c(C(F)(F)F)c1.CC(C)Cc1ccc(C(F)(F)F)nc1.CC(C)Cc1cccc(C(F)(F)F)n1.CC(C)Cc1cccc(C(N)=O)c1.CC(C)Cc1cccc(O)c1.CC(C)Cc1ccnc(C(F)(F)F)n1.[C-]#[N+]c1cc(CC(C)C)ccn1. The number of hydrogen-bond donors (Lipinski definition) is 2. The summed E-state index contributed by atoms with van der Waals surface area (Å²) in [6.07, 6.45) is -7.69. The largest absolute Gasteiger partial charge is 0.508 e. The lowest BCUT2D eigenvalue weighted by atomic mass is 9.82. The van der Waals surface area contributed by atoms with Crippen molar-refractivity contribution in [3.8, 4) is 5.75 Å². The molecule has 7 rings (SSSR count). The predicted molar refractivity (Wildman–Crippen MR) is 359 cm³/mol. The fourth-order valence-corrected chi connectivity index (χ4v) is 9.09. The van der Waals surface area contributed by atoms with Gasteiger partial charge in [0.05, 0.1) is 5.56 Å². The monoisotopic (exact) mass is 1360 g/mol. The second-order valence-corrected chi connectivity index (χ2v) is 27.1. The minimum atomic E-state index is -4.45. The van der Waals surface area contributed by atoms with Crippen LogP contribution < -0.4 is 5.73 Å². The van der Waals surface area contributed by atoms with Crippen molar-refractivity contribution in [3.05, 3.63) is 218 Å². The summed E-state index contributed by atoms with van der Waals surface area (Å²) in [5.74, 6) is 2.69. The summed E-state index contributed by atoms with van der Waals surface area (Å²) in [5.41, 5.74) is 9.61. The summed E-state index contributed by atoms with van der Waals surface area (Å²) in [5, 5.41) is 9.13. The first-order chi connectivity index (χ1) is 44.2. The Bertz CT molecular complexity index is 3350. The van der Waals surface area contributed by atoms with E-state index in [0.717, 1.165) is 55.1 Å². The molecule has 0 saturated heterocycles. The van der Waals surface area contributed by atoms with Gasteiger partial charge in [-0.1, -0.05) is 178 Å². The van der Waals surface area contributed by atoms with Gasteiger partial charge in [0, 0.05) is 29.3 Å². The minimum Gasteiger partial charge on any atom is -0.508 e. The van der Waals surface area contributed by atoms with Gasteiger partial charge in [0.15, 0.2) is 0 Å². The van der Waals surface area contributed by atoms with Crippen molar-refractivity contribution in [1.82, 2.24) is 24.9 Å². The standard InChI is InChI=1S/C15H21F3.C11H15NO.2C10H12F3N.C10H12N2.C10H14O.C9H11F3N2/c1-10(2)8-11-6-7-12(14(3,4)5)13(9-11)15(16,17)18;1-8(2)6-9-4-3-5-10(7-9)11(12)13;1-7(2)5-8-3-4-9(14-6-8)10(11,12)13;1-7(2)6-8-4-3-5-9(14-8)10(11,12)13;1-8(2)6-9-4-5-12-10(7-9)11-3;1-8(2)6-9-4-3-5-10(11)7-9;1-6(2)5-7-3-4-13-8(14-7)9(10,11)12/h6-7,9-10H,8H2,1-5H3;3-5,7-8H,6H2,1-2H3,(H2,12,13);3-4,6-7H,5H2,1-2H3;3-5,7H,6H2,1-2H3;4-5,7-8H,6H2,1-2H3;3-5,7-8,11H,6H2,1-2H3;3-4,6H,5H2,1-2H3. The molecule has 7 aromatic rings. The number of rotatable bonds is 15. The maximum absolute atomic E-state index is 13.1. The number of phenolic OH excluding ortho intramolecular Hbond substituents is 1. The zero-order valence-corrected chi connectivity index (χ0v) is 58.3. The Labute approximate surface area is 561 Å². The number of aromatic nitrogens is 5. The topological polar surface area (TPSA) is 132 Å². The van der Waals surface area contributed by atoms with Crippen molar-refractivity contribution in [2.75, 3.05) is 0 Å². The fourth-order valence-electron chi connectivity index (χ4n) is 9.09. The molecule has 528 valence electrons. The van der Waals surface area contributed by atoms with Crippen LogP contribution in [-0.2, 0) is 75.1 Å². The van der Waals surface area contributed by atoms with Crippen molar-refractivity contribution in [2.45, 2.75) is 193 Å². The summed E-state index contributed by atoms with van der Waals surface area (Å²) in [6.45, 7) is 40.9. The number of carbonyl (C=O) groups excluding carboxylic acids is 1. The number of pyridine rings is 3. The maximum atomic E-state index is 13.1. The molecule has 0 atom stereocenters. The first-order valence-electron chi connectivity index (χ1n) is 31.8. The molecule has 21 heteroatoms. The average molecular weight is 1360 g/mol. The van der Waals surface area contributed by atoms with Crippen molar-refractivity contribution >= 4 is 11.7 Å². The van der Waals surface area contributed by atoms with E-state index in [9.17, 15) is 57.5 Å². The fraction of sp³-hybridized carbons (Fsp3) is 0.480. The highest BCUT2D eigenvalue weighted by Gasteiger charge is 2.37. The lowest BCUT2D eigenvalue weighted by Crippen LogP contribution is -2.20. The van der Waals surface area contributed by atoms with Crippen LogP contribution in [0.5, 0.6) is 5.75 Å². The first-order valence-corrected chi connectivity index (χ1v) is 31.8. The third-order valence-electron chi connectivity index (χ3n) is 12.9. The number of phenols is 1. The summed E-state index contributed by atoms with van der Waals surface area (Å²) >= 11 is 0. The van der Waals surface area contributed by atoms with Gasteiger partial charge in [0.1, 0.15) is 23.3 Å². The molecule has 1 amide bonds. The number of hydrogen-bond acceptors (Lipinski definition) is 7. The van der Waals surface area contributed by atoms with Crippen LogP contribution in [0, 0.1) is 48.0 Å². The molecule has 0 aliphatic carbocycles. The summed E-state index contributed by atoms with van der Waals surface area (Å²) < 4.78 is 149. The summed E-state index contributed by atoms with van der Waals surface area (Å²) in [7, 11) is 0. The quantitative estimate of drug-likeness (QED) is 0.0772. The van der Waals surface area contributed by atoms with E-state index >= 15 is 0 Å². The lowest BCUT2D eigenvalue weighted by molar-refractivity contribution is -0.145. The van der Waals surface area contributed by atoms with E-state index in [-0.39, 0.29) is 11.8 Å². The number of amides is 1. The third-order valence-corrected chi connectivity index (χ3v) is 12.9. The molecule has 0 radical (unpaired) electrons. The van der Waals surface area contributed by atoms with Crippen molar-refractivity contribution in [3.63, 3.8) is 0 Å². The van der Waals surface area contributed by atoms with Crippen LogP contribution in [-0.4, -0.2) is 35.9 Å².